The first kappa shape index (κ1) is 17.5. The summed E-state index contributed by atoms with van der Waals surface area (Å²) >= 11 is 0. The third-order valence-electron chi connectivity index (χ3n) is 5.17. The second-order valence-electron chi connectivity index (χ2n) is 6.80. The van der Waals surface area contributed by atoms with Gasteiger partial charge in [-0.1, -0.05) is 44.4 Å². The average Bonchev–Trinajstić information content (AvgIpc) is 2.50. The third-order valence-corrected chi connectivity index (χ3v) is 5.17. The Bertz CT molecular complexity index is 450. The minimum atomic E-state index is -1.27. The Morgan fingerprint density at radius 3 is 2.73 bits per heavy atom. The van der Waals surface area contributed by atoms with Gasteiger partial charge in [0.1, 0.15) is 11.7 Å². The molecule has 4 nitrogen and oxygen atoms in total. The van der Waals surface area contributed by atoms with Gasteiger partial charge in [-0.2, -0.15) is 0 Å². The summed E-state index contributed by atoms with van der Waals surface area (Å²) in [7, 11) is 0. The first-order valence-electron chi connectivity index (χ1n) is 8.62. The Labute approximate surface area is 132 Å². The van der Waals surface area contributed by atoms with Crippen molar-refractivity contribution in [3.8, 4) is 11.8 Å². The van der Waals surface area contributed by atoms with Crippen LogP contribution in [0.15, 0.2) is 0 Å². The second kappa shape index (κ2) is 7.59. The molecule has 22 heavy (non-hydrogen) atoms. The van der Waals surface area contributed by atoms with Crippen LogP contribution >= 0.6 is 0 Å². The van der Waals surface area contributed by atoms with E-state index < -0.39 is 23.7 Å². The Morgan fingerprint density at radius 2 is 2.05 bits per heavy atom. The number of hydrogen-bond acceptors (Lipinski definition) is 4. The normalized spacial score (nSPS) is 35.1. The van der Waals surface area contributed by atoms with Gasteiger partial charge in [0.05, 0.1) is 12.0 Å². The molecule has 0 aromatic heterocycles. The van der Waals surface area contributed by atoms with Gasteiger partial charge in [0.25, 0.3) is 0 Å². The number of unbranched alkanes of at least 4 members (excludes halogenated alkanes) is 4. The van der Waals surface area contributed by atoms with E-state index in [1.165, 1.54) is 19.3 Å². The number of hydrogen-bond donors (Lipinski definition) is 3. The molecule has 3 N–H and O–H groups in total. The number of Topliss-reactive ketones (excluding diaryl/α,β-unsaturated/α-hetero) is 1. The third kappa shape index (κ3) is 3.71. The topological polar surface area (TPSA) is 77.8 Å². The van der Waals surface area contributed by atoms with E-state index in [0.29, 0.717) is 25.7 Å². The standard InChI is InChI=1S/C18H28O4/c1-2-3-4-5-6-7-13(19)8-9-14-15-12-17(21)18(15,22)11-10-16(14)20/h13-16,19-20,22H,2-7,10-12H2,1H3/t13-,14+,15+,16+,18+/m0/s1. The van der Waals surface area contributed by atoms with E-state index in [4.69, 9.17) is 0 Å². The van der Waals surface area contributed by atoms with Crippen molar-refractivity contribution in [2.45, 2.75) is 82.5 Å². The fourth-order valence-corrected chi connectivity index (χ4v) is 3.59. The summed E-state index contributed by atoms with van der Waals surface area (Å²) in [5.41, 5.74) is -1.27. The Kier molecular flexibility index (Phi) is 6.02. The highest BCUT2D eigenvalue weighted by Gasteiger charge is 2.59. The summed E-state index contributed by atoms with van der Waals surface area (Å²) in [6.45, 7) is 2.17. The molecule has 2 fully saturated rings. The van der Waals surface area contributed by atoms with E-state index in [0.717, 1.165) is 12.8 Å². The molecule has 0 spiro atoms. The van der Waals surface area contributed by atoms with Crippen molar-refractivity contribution < 1.29 is 20.1 Å². The zero-order valence-electron chi connectivity index (χ0n) is 13.4. The number of carbonyl (C=O) groups excluding carboxylic acids is 1. The molecule has 0 saturated heterocycles. The van der Waals surface area contributed by atoms with E-state index in [9.17, 15) is 20.1 Å². The van der Waals surface area contributed by atoms with Crippen LogP contribution in [0, 0.1) is 23.7 Å². The second-order valence-corrected chi connectivity index (χ2v) is 6.80. The molecular formula is C18H28O4. The summed E-state index contributed by atoms with van der Waals surface area (Å²) in [6, 6.07) is 0. The molecule has 4 heteroatoms. The van der Waals surface area contributed by atoms with Crippen LogP contribution in [0.5, 0.6) is 0 Å². The molecule has 2 rings (SSSR count). The van der Waals surface area contributed by atoms with Gasteiger partial charge >= 0.3 is 0 Å². The summed E-state index contributed by atoms with van der Waals surface area (Å²) in [4.78, 5) is 11.6. The van der Waals surface area contributed by atoms with Crippen LogP contribution in [0.2, 0.25) is 0 Å². The van der Waals surface area contributed by atoms with Gasteiger partial charge in [0.15, 0.2) is 5.78 Å². The van der Waals surface area contributed by atoms with E-state index in [2.05, 4.69) is 18.8 Å². The molecule has 0 aromatic carbocycles. The molecule has 0 unspecified atom stereocenters. The zero-order valence-corrected chi connectivity index (χ0v) is 13.4. The number of aliphatic hydroxyl groups excluding tert-OH is 2. The van der Waals surface area contributed by atoms with Gasteiger partial charge in [-0.15, -0.1) is 0 Å². The van der Waals surface area contributed by atoms with Crippen LogP contribution in [0.3, 0.4) is 0 Å². The van der Waals surface area contributed by atoms with Crippen molar-refractivity contribution in [3.63, 3.8) is 0 Å². The highest BCUT2D eigenvalue weighted by atomic mass is 16.3. The summed E-state index contributed by atoms with van der Waals surface area (Å²) in [5, 5.41) is 30.3. The largest absolute Gasteiger partial charge is 0.392 e. The first-order valence-corrected chi connectivity index (χ1v) is 8.62. The maximum Gasteiger partial charge on any atom is 0.165 e. The van der Waals surface area contributed by atoms with Gasteiger partial charge < -0.3 is 15.3 Å². The number of ketones is 1. The highest BCUT2D eigenvalue weighted by Crippen LogP contribution is 2.48. The highest BCUT2D eigenvalue weighted by molar-refractivity contribution is 5.94. The predicted octanol–water partition coefficient (Wildman–Crippen LogP) is 1.80. The molecule has 0 aliphatic heterocycles. The summed E-state index contributed by atoms with van der Waals surface area (Å²) < 4.78 is 0. The minimum absolute atomic E-state index is 0.132. The SMILES string of the molecule is CCCCCCC[C@H](O)C#C[C@H]1[C@H](O)CC[C@]2(O)C(=O)C[C@H]12. The fourth-order valence-electron chi connectivity index (χ4n) is 3.59. The number of rotatable bonds is 6. The lowest BCUT2D eigenvalue weighted by Crippen LogP contribution is -2.63. The van der Waals surface area contributed by atoms with E-state index in [1.807, 2.05) is 0 Å². The number of fused-ring (bicyclic) bond motifs is 1. The van der Waals surface area contributed by atoms with Crippen molar-refractivity contribution in [1.82, 2.24) is 0 Å². The van der Waals surface area contributed by atoms with Crippen molar-refractivity contribution in [3.05, 3.63) is 0 Å². The van der Waals surface area contributed by atoms with Gasteiger partial charge in [-0.3, -0.25) is 4.79 Å². The molecular weight excluding hydrogens is 280 g/mol. The molecule has 5 atom stereocenters. The molecule has 0 bridgehead atoms. The van der Waals surface area contributed by atoms with Gasteiger partial charge in [0, 0.05) is 12.3 Å². The molecule has 0 aromatic rings. The smallest absolute Gasteiger partial charge is 0.165 e. The van der Waals surface area contributed by atoms with Crippen molar-refractivity contribution in [1.29, 1.82) is 0 Å². The van der Waals surface area contributed by atoms with Gasteiger partial charge in [-0.05, 0) is 25.7 Å². The van der Waals surface area contributed by atoms with E-state index in [-0.39, 0.29) is 11.7 Å². The van der Waals surface area contributed by atoms with Crippen molar-refractivity contribution >= 4 is 5.78 Å². The van der Waals surface area contributed by atoms with E-state index in [1.54, 1.807) is 0 Å². The molecule has 0 heterocycles. The fraction of sp³-hybridized carbons (Fsp3) is 0.833. The Balaban J connectivity index is 1.83. The predicted molar refractivity (Wildman–Crippen MR) is 84.0 cm³/mol. The summed E-state index contributed by atoms with van der Waals surface area (Å²) in [5.74, 6) is 4.95. The van der Waals surface area contributed by atoms with Crippen LogP contribution in [0.1, 0.15) is 64.7 Å². The van der Waals surface area contributed by atoms with Crippen LogP contribution in [0.4, 0.5) is 0 Å². The van der Waals surface area contributed by atoms with E-state index >= 15 is 0 Å². The zero-order chi connectivity index (χ0) is 16.2. The lowest BCUT2D eigenvalue weighted by Gasteiger charge is -2.51. The molecule has 124 valence electrons. The van der Waals surface area contributed by atoms with Crippen LogP contribution in [-0.4, -0.2) is 38.9 Å². The van der Waals surface area contributed by atoms with Crippen LogP contribution < -0.4 is 0 Å². The Morgan fingerprint density at radius 1 is 1.32 bits per heavy atom. The lowest BCUT2D eigenvalue weighted by atomic mass is 9.56. The molecule has 2 aliphatic carbocycles. The van der Waals surface area contributed by atoms with Gasteiger partial charge in [0.2, 0.25) is 0 Å². The summed E-state index contributed by atoms with van der Waals surface area (Å²) in [6.07, 6.45) is 6.05. The minimum Gasteiger partial charge on any atom is -0.392 e. The molecule has 2 aliphatic rings. The number of aliphatic hydroxyl groups is 3. The monoisotopic (exact) mass is 308 g/mol. The maximum absolute atomic E-state index is 11.6. The maximum atomic E-state index is 11.6. The molecule has 2 saturated carbocycles. The first-order chi connectivity index (χ1) is 10.5. The molecule has 0 radical (unpaired) electrons. The van der Waals surface area contributed by atoms with Crippen LogP contribution in [-0.2, 0) is 4.79 Å². The van der Waals surface area contributed by atoms with Gasteiger partial charge in [-0.25, -0.2) is 0 Å². The lowest BCUT2D eigenvalue weighted by molar-refractivity contribution is -0.181. The van der Waals surface area contributed by atoms with Crippen LogP contribution in [0.25, 0.3) is 0 Å². The quantitative estimate of drug-likeness (QED) is 0.516. The van der Waals surface area contributed by atoms with Crippen molar-refractivity contribution in [2.75, 3.05) is 0 Å². The molecule has 0 amide bonds. The number of carbonyl (C=O) groups is 1. The Hall–Kier alpha value is -0.890. The van der Waals surface area contributed by atoms with Crippen molar-refractivity contribution in [2.24, 2.45) is 11.8 Å². The average molecular weight is 308 g/mol.